The molecular formula is C23H18N4O4S. The summed E-state index contributed by atoms with van der Waals surface area (Å²) in [6.07, 6.45) is 0. The van der Waals surface area contributed by atoms with Crippen molar-refractivity contribution in [3.63, 3.8) is 0 Å². The molecule has 0 aliphatic carbocycles. The smallest absolute Gasteiger partial charge is 0.270 e. The van der Waals surface area contributed by atoms with E-state index in [0.29, 0.717) is 5.69 Å². The highest BCUT2D eigenvalue weighted by Gasteiger charge is 2.12. The molecule has 0 atom stereocenters. The summed E-state index contributed by atoms with van der Waals surface area (Å²) in [4.78, 5) is 27.4. The second-order valence-corrected chi connectivity index (χ2v) is 7.59. The first-order chi connectivity index (χ1) is 15.5. The predicted molar refractivity (Wildman–Crippen MR) is 125 cm³/mol. The summed E-state index contributed by atoms with van der Waals surface area (Å²) >= 11 is 1.48. The molecule has 0 aliphatic rings. The first-order valence-electron chi connectivity index (χ1n) is 9.55. The molecule has 0 aliphatic heterocycles. The zero-order valence-electron chi connectivity index (χ0n) is 16.9. The summed E-state index contributed by atoms with van der Waals surface area (Å²) in [6, 6.07) is 20.4. The molecular weight excluding hydrogens is 428 g/mol. The molecule has 0 unspecified atom stereocenters. The van der Waals surface area contributed by atoms with Gasteiger partial charge in [0.1, 0.15) is 5.75 Å². The van der Waals surface area contributed by atoms with E-state index < -0.39 is 10.8 Å². The summed E-state index contributed by atoms with van der Waals surface area (Å²) < 4.78 is 5.23. The van der Waals surface area contributed by atoms with Gasteiger partial charge in [-0.25, -0.2) is 4.98 Å². The SMILES string of the molecule is COc1cccc(Nc2nc(-c3ccc(NC(=O)c4cccc([N+](=O)[O-])c4)cc3)cs2)c1. The number of carbonyl (C=O) groups is 1. The third kappa shape index (κ3) is 4.90. The topological polar surface area (TPSA) is 106 Å². The van der Waals surface area contributed by atoms with Crippen LogP contribution in [-0.4, -0.2) is 22.9 Å². The van der Waals surface area contributed by atoms with Crippen LogP contribution >= 0.6 is 11.3 Å². The number of rotatable bonds is 7. The molecule has 32 heavy (non-hydrogen) atoms. The van der Waals surface area contributed by atoms with E-state index in [-0.39, 0.29) is 11.3 Å². The Bertz CT molecular complexity index is 1270. The molecule has 0 saturated carbocycles. The van der Waals surface area contributed by atoms with Crippen LogP contribution in [0.15, 0.2) is 78.2 Å². The number of nitro benzene ring substituents is 1. The monoisotopic (exact) mass is 446 g/mol. The van der Waals surface area contributed by atoms with E-state index >= 15 is 0 Å². The van der Waals surface area contributed by atoms with Crippen LogP contribution in [0.25, 0.3) is 11.3 Å². The number of non-ortho nitro benzene ring substituents is 1. The minimum Gasteiger partial charge on any atom is -0.497 e. The molecule has 0 fully saturated rings. The quantitative estimate of drug-likeness (QED) is 0.278. The third-order valence-electron chi connectivity index (χ3n) is 4.58. The number of aromatic nitrogens is 1. The summed E-state index contributed by atoms with van der Waals surface area (Å²) in [5, 5.41) is 19.6. The largest absolute Gasteiger partial charge is 0.497 e. The predicted octanol–water partition coefficient (Wildman–Crippen LogP) is 5.72. The number of hydrogen-bond acceptors (Lipinski definition) is 7. The van der Waals surface area contributed by atoms with Crippen LogP contribution in [0.2, 0.25) is 0 Å². The third-order valence-corrected chi connectivity index (χ3v) is 5.34. The number of anilines is 3. The van der Waals surface area contributed by atoms with Gasteiger partial charge in [-0.1, -0.05) is 24.3 Å². The lowest BCUT2D eigenvalue weighted by molar-refractivity contribution is -0.384. The van der Waals surface area contributed by atoms with Gasteiger partial charge in [-0.05, 0) is 30.3 Å². The van der Waals surface area contributed by atoms with E-state index in [4.69, 9.17) is 4.74 Å². The van der Waals surface area contributed by atoms with Crippen molar-refractivity contribution in [1.29, 1.82) is 0 Å². The van der Waals surface area contributed by atoms with Gasteiger partial charge in [-0.3, -0.25) is 14.9 Å². The fourth-order valence-corrected chi connectivity index (χ4v) is 3.72. The molecule has 160 valence electrons. The zero-order valence-corrected chi connectivity index (χ0v) is 17.8. The van der Waals surface area contributed by atoms with Crippen molar-refractivity contribution in [2.45, 2.75) is 0 Å². The van der Waals surface area contributed by atoms with E-state index in [0.717, 1.165) is 27.8 Å². The van der Waals surface area contributed by atoms with Crippen molar-refractivity contribution < 1.29 is 14.5 Å². The average molecular weight is 446 g/mol. The number of methoxy groups -OCH3 is 1. The Hall–Kier alpha value is -4.24. The highest BCUT2D eigenvalue weighted by atomic mass is 32.1. The summed E-state index contributed by atoms with van der Waals surface area (Å²) in [7, 11) is 1.62. The number of benzene rings is 3. The van der Waals surface area contributed by atoms with Gasteiger partial charge in [0.05, 0.1) is 17.7 Å². The lowest BCUT2D eigenvalue weighted by Crippen LogP contribution is -2.11. The van der Waals surface area contributed by atoms with E-state index in [1.54, 1.807) is 19.2 Å². The zero-order chi connectivity index (χ0) is 22.5. The molecule has 9 heteroatoms. The first kappa shape index (κ1) is 21.0. The lowest BCUT2D eigenvalue weighted by Gasteiger charge is -2.06. The normalized spacial score (nSPS) is 10.4. The standard InChI is InChI=1S/C23H18N4O4S/c1-31-20-7-3-5-18(13-20)25-23-26-21(14-32-23)15-8-10-17(11-9-15)24-22(28)16-4-2-6-19(12-16)27(29)30/h2-14H,1H3,(H,24,28)(H,25,26). The fraction of sp³-hybridized carbons (Fsp3) is 0.0435. The van der Waals surface area contributed by atoms with Crippen LogP contribution in [0.3, 0.4) is 0 Å². The Labute approximate surface area is 187 Å². The van der Waals surface area contributed by atoms with E-state index in [9.17, 15) is 14.9 Å². The number of thiazole rings is 1. The number of hydrogen-bond donors (Lipinski definition) is 2. The minimum atomic E-state index is -0.531. The van der Waals surface area contributed by atoms with Gasteiger partial charge in [0, 0.05) is 46.1 Å². The molecule has 0 spiro atoms. The van der Waals surface area contributed by atoms with Crippen LogP contribution in [-0.2, 0) is 0 Å². The molecule has 1 amide bonds. The maximum absolute atomic E-state index is 12.4. The number of carbonyl (C=O) groups excluding carboxylic acids is 1. The molecule has 8 nitrogen and oxygen atoms in total. The maximum Gasteiger partial charge on any atom is 0.270 e. The molecule has 4 rings (SSSR count). The summed E-state index contributed by atoms with van der Waals surface area (Å²) in [6.45, 7) is 0. The maximum atomic E-state index is 12.4. The second kappa shape index (κ2) is 9.27. The molecule has 1 heterocycles. The molecule has 4 aromatic rings. The van der Waals surface area contributed by atoms with Crippen LogP contribution in [0.5, 0.6) is 5.75 Å². The second-order valence-electron chi connectivity index (χ2n) is 6.73. The van der Waals surface area contributed by atoms with Crippen LogP contribution in [0, 0.1) is 10.1 Å². The van der Waals surface area contributed by atoms with Gasteiger partial charge in [0.25, 0.3) is 11.6 Å². The van der Waals surface area contributed by atoms with Gasteiger partial charge < -0.3 is 15.4 Å². The highest BCUT2D eigenvalue weighted by Crippen LogP contribution is 2.29. The Morgan fingerprint density at radius 1 is 1.03 bits per heavy atom. The first-order valence-corrected chi connectivity index (χ1v) is 10.4. The number of nitrogens with zero attached hydrogens (tertiary/aromatic N) is 2. The van der Waals surface area contributed by atoms with Crippen molar-refractivity contribution in [2.75, 3.05) is 17.7 Å². The average Bonchev–Trinajstić information content (AvgIpc) is 3.28. The van der Waals surface area contributed by atoms with Crippen LogP contribution < -0.4 is 15.4 Å². The van der Waals surface area contributed by atoms with Crippen molar-refractivity contribution in [1.82, 2.24) is 4.98 Å². The van der Waals surface area contributed by atoms with Gasteiger partial charge in [-0.15, -0.1) is 11.3 Å². The molecule has 1 aromatic heterocycles. The van der Waals surface area contributed by atoms with Crippen molar-refractivity contribution >= 4 is 39.4 Å². The van der Waals surface area contributed by atoms with Gasteiger partial charge >= 0.3 is 0 Å². The number of amides is 1. The number of nitro groups is 1. The van der Waals surface area contributed by atoms with E-state index in [1.807, 2.05) is 41.8 Å². The minimum absolute atomic E-state index is 0.130. The van der Waals surface area contributed by atoms with E-state index in [2.05, 4.69) is 15.6 Å². The van der Waals surface area contributed by atoms with Gasteiger partial charge in [-0.2, -0.15) is 0 Å². The van der Waals surface area contributed by atoms with E-state index in [1.165, 1.54) is 35.6 Å². The van der Waals surface area contributed by atoms with Crippen LogP contribution in [0.1, 0.15) is 10.4 Å². The molecule has 3 aromatic carbocycles. The van der Waals surface area contributed by atoms with Crippen molar-refractivity contribution in [3.8, 4) is 17.0 Å². The van der Waals surface area contributed by atoms with Crippen molar-refractivity contribution in [2.24, 2.45) is 0 Å². The van der Waals surface area contributed by atoms with Crippen molar-refractivity contribution in [3.05, 3.63) is 93.9 Å². The Morgan fingerprint density at radius 3 is 2.56 bits per heavy atom. The van der Waals surface area contributed by atoms with Crippen LogP contribution in [0.4, 0.5) is 22.2 Å². The summed E-state index contributed by atoms with van der Waals surface area (Å²) in [5.41, 5.74) is 3.25. The highest BCUT2D eigenvalue weighted by molar-refractivity contribution is 7.14. The Kier molecular flexibility index (Phi) is 6.09. The molecule has 2 N–H and O–H groups in total. The Morgan fingerprint density at radius 2 is 1.81 bits per heavy atom. The number of ether oxygens (including phenoxy) is 1. The number of nitrogens with one attached hydrogen (secondary N) is 2. The Balaban J connectivity index is 1.43. The molecule has 0 radical (unpaired) electrons. The van der Waals surface area contributed by atoms with Gasteiger partial charge in [0.2, 0.25) is 0 Å². The van der Waals surface area contributed by atoms with Gasteiger partial charge in [0.15, 0.2) is 5.13 Å². The molecule has 0 bridgehead atoms. The lowest BCUT2D eigenvalue weighted by atomic mass is 10.1. The molecule has 0 saturated heterocycles. The fourth-order valence-electron chi connectivity index (χ4n) is 2.98. The summed E-state index contributed by atoms with van der Waals surface area (Å²) in [5.74, 6) is 0.342.